The number of likely N-dealkylation sites (N-methyl/N-ethyl adjacent to an activating group) is 1. The number of nitrogens with zero attached hydrogens (tertiary/aromatic N) is 3. The van der Waals surface area contributed by atoms with Crippen LogP contribution in [-0.4, -0.2) is 77.5 Å². The molecule has 0 radical (unpaired) electrons. The van der Waals surface area contributed by atoms with Gasteiger partial charge in [-0.2, -0.15) is 0 Å². The molecule has 0 bridgehead atoms. The lowest BCUT2D eigenvalue weighted by molar-refractivity contribution is -0.148. The first-order valence-corrected chi connectivity index (χ1v) is 13.3. The third-order valence-electron chi connectivity index (χ3n) is 8.71. The first-order valence-electron chi connectivity index (χ1n) is 13.3. The zero-order chi connectivity index (χ0) is 26.9. The normalized spacial score (nSPS) is 20.9. The second-order valence-electron chi connectivity index (χ2n) is 10.8. The van der Waals surface area contributed by atoms with Gasteiger partial charge in [-0.1, -0.05) is 19.3 Å². The monoisotopic (exact) mass is 547 g/mol. The van der Waals surface area contributed by atoms with Gasteiger partial charge in [-0.25, -0.2) is 0 Å². The maximum Gasteiger partial charge on any atom is 0.270 e. The molecule has 4 rings (SSSR count). The lowest BCUT2D eigenvalue weighted by Gasteiger charge is -2.46. The maximum absolute atomic E-state index is 14.0. The van der Waals surface area contributed by atoms with Crippen LogP contribution in [0.3, 0.4) is 0 Å². The summed E-state index contributed by atoms with van der Waals surface area (Å²) in [6, 6.07) is 7.51. The number of nitrogens with one attached hydrogen (secondary N) is 1. The van der Waals surface area contributed by atoms with E-state index in [2.05, 4.69) is 5.32 Å². The summed E-state index contributed by atoms with van der Waals surface area (Å²) in [6.07, 6.45) is 5.11. The van der Waals surface area contributed by atoms with Crippen LogP contribution in [0.15, 0.2) is 24.3 Å². The third kappa shape index (κ3) is 5.36. The van der Waals surface area contributed by atoms with Crippen LogP contribution in [0.25, 0.3) is 10.9 Å². The van der Waals surface area contributed by atoms with Gasteiger partial charge in [0.15, 0.2) is 0 Å². The number of halogens is 1. The van der Waals surface area contributed by atoms with Gasteiger partial charge in [-0.05, 0) is 57.9 Å². The maximum atomic E-state index is 14.0. The zero-order valence-electron chi connectivity index (χ0n) is 23.2. The zero-order valence-corrected chi connectivity index (χ0v) is 24.0. The van der Waals surface area contributed by atoms with Crippen LogP contribution in [0.5, 0.6) is 5.75 Å². The fourth-order valence-corrected chi connectivity index (χ4v) is 6.26. The highest BCUT2D eigenvalue weighted by molar-refractivity contribution is 5.99. The highest BCUT2D eigenvalue weighted by atomic mass is 35.5. The number of aromatic nitrogens is 1. The van der Waals surface area contributed by atoms with Gasteiger partial charge < -0.3 is 30.2 Å². The van der Waals surface area contributed by atoms with Crippen molar-refractivity contribution in [3.8, 4) is 5.75 Å². The number of piperazine rings is 1. The Morgan fingerprint density at radius 3 is 2.39 bits per heavy atom. The van der Waals surface area contributed by atoms with Crippen LogP contribution in [0.2, 0.25) is 0 Å². The predicted octanol–water partition coefficient (Wildman–Crippen LogP) is 2.94. The van der Waals surface area contributed by atoms with E-state index >= 15 is 0 Å². The highest BCUT2D eigenvalue weighted by Crippen LogP contribution is 2.37. The summed E-state index contributed by atoms with van der Waals surface area (Å²) in [4.78, 5) is 43.8. The Balaban J connectivity index is 0.00000400. The minimum absolute atomic E-state index is 0. The number of rotatable bonds is 7. The standard InChI is InChI=1S/C28H41N5O4.ClH/c1-18-17-32(26(35)24(19-9-7-6-8-10-19)28(2,30-3)27(29)36)13-14-33(18)25(34)23-15-20-11-12-21(37-5)16-22(20)31(23)4;/h11-12,15-16,18-19,24,30H,6-10,13-14,17H2,1-5H3,(H2,29,36);1H/t18-,24+,28?;/m0./s1. The molecule has 1 aromatic carbocycles. The molecule has 1 unspecified atom stereocenters. The van der Waals surface area contributed by atoms with Crippen LogP contribution < -0.4 is 15.8 Å². The number of amides is 3. The number of fused-ring (bicyclic) bond motifs is 1. The highest BCUT2D eigenvalue weighted by Gasteiger charge is 2.49. The summed E-state index contributed by atoms with van der Waals surface area (Å²) in [7, 11) is 5.21. The van der Waals surface area contributed by atoms with Gasteiger partial charge in [0, 0.05) is 44.2 Å². The molecule has 1 aromatic heterocycles. The second kappa shape index (κ2) is 11.9. The lowest BCUT2D eigenvalue weighted by atomic mass is 9.69. The van der Waals surface area contributed by atoms with E-state index in [9.17, 15) is 14.4 Å². The summed E-state index contributed by atoms with van der Waals surface area (Å²) in [5.74, 6) is -0.290. The Labute approximate surface area is 231 Å². The van der Waals surface area contributed by atoms with E-state index in [1.165, 1.54) is 0 Å². The molecule has 3 amide bonds. The minimum atomic E-state index is -1.13. The topological polar surface area (TPSA) is 110 Å². The van der Waals surface area contributed by atoms with E-state index in [-0.39, 0.29) is 36.2 Å². The number of methoxy groups -OCH3 is 1. The molecule has 9 nitrogen and oxygen atoms in total. The molecular formula is C28H42ClN5O4. The Morgan fingerprint density at radius 2 is 1.82 bits per heavy atom. The van der Waals surface area contributed by atoms with Crippen molar-refractivity contribution >= 4 is 41.0 Å². The predicted molar refractivity (Wildman–Crippen MR) is 151 cm³/mol. The number of primary amides is 1. The minimum Gasteiger partial charge on any atom is -0.497 e. The number of ether oxygens (including phenoxy) is 1. The smallest absolute Gasteiger partial charge is 0.270 e. The van der Waals surface area contributed by atoms with Gasteiger partial charge in [0.25, 0.3) is 5.91 Å². The van der Waals surface area contributed by atoms with Crippen LogP contribution in [0.4, 0.5) is 0 Å². The lowest BCUT2D eigenvalue weighted by Crippen LogP contribution is -2.65. The molecule has 3 atom stereocenters. The number of aryl methyl sites for hydroxylation is 1. The Morgan fingerprint density at radius 1 is 1.13 bits per heavy atom. The van der Waals surface area contributed by atoms with Gasteiger partial charge in [0.05, 0.1) is 18.5 Å². The van der Waals surface area contributed by atoms with Crippen molar-refractivity contribution in [3.05, 3.63) is 30.0 Å². The Hall–Kier alpha value is -2.78. The molecular weight excluding hydrogens is 506 g/mol. The fraction of sp³-hybridized carbons (Fsp3) is 0.607. The fourth-order valence-electron chi connectivity index (χ4n) is 6.26. The van der Waals surface area contributed by atoms with Crippen molar-refractivity contribution in [2.24, 2.45) is 24.6 Å². The molecule has 0 spiro atoms. The van der Waals surface area contributed by atoms with Gasteiger partial charge in [0.2, 0.25) is 11.8 Å². The van der Waals surface area contributed by atoms with Crippen molar-refractivity contribution in [1.82, 2.24) is 19.7 Å². The molecule has 2 aliphatic rings. The summed E-state index contributed by atoms with van der Waals surface area (Å²) in [6.45, 7) is 5.01. The van der Waals surface area contributed by atoms with Gasteiger partial charge in [-0.15, -0.1) is 12.4 Å². The molecule has 210 valence electrons. The molecule has 2 heterocycles. The van der Waals surface area contributed by atoms with Gasteiger partial charge in [-0.3, -0.25) is 14.4 Å². The number of carbonyl (C=O) groups excluding carboxylic acids is 3. The van der Waals surface area contributed by atoms with E-state index in [4.69, 9.17) is 10.5 Å². The van der Waals surface area contributed by atoms with Crippen molar-refractivity contribution in [2.45, 2.75) is 57.5 Å². The molecule has 38 heavy (non-hydrogen) atoms. The van der Waals surface area contributed by atoms with Crippen LogP contribution in [-0.2, 0) is 16.6 Å². The SMILES string of the molecule is CNC(C)(C(N)=O)[C@@H](C(=O)N1CCN(C(=O)c2cc3ccc(OC)cc3n2C)[C@@H](C)C1)C1CCCCC1.Cl. The summed E-state index contributed by atoms with van der Waals surface area (Å²) < 4.78 is 7.24. The number of carbonyl (C=O) groups is 3. The van der Waals surface area contributed by atoms with Crippen LogP contribution >= 0.6 is 12.4 Å². The largest absolute Gasteiger partial charge is 0.497 e. The molecule has 1 aliphatic heterocycles. The number of benzene rings is 1. The van der Waals surface area contributed by atoms with Crippen LogP contribution in [0, 0.1) is 11.8 Å². The summed E-state index contributed by atoms with van der Waals surface area (Å²) in [5, 5.41) is 4.06. The van der Waals surface area contributed by atoms with E-state index in [0.717, 1.165) is 48.8 Å². The summed E-state index contributed by atoms with van der Waals surface area (Å²) >= 11 is 0. The molecule has 1 aliphatic carbocycles. The average molecular weight is 548 g/mol. The molecule has 1 saturated heterocycles. The van der Waals surface area contributed by atoms with E-state index in [1.807, 2.05) is 52.6 Å². The first kappa shape index (κ1) is 29.8. The number of hydrogen-bond donors (Lipinski definition) is 2. The molecule has 1 saturated carbocycles. The van der Waals surface area contributed by atoms with Crippen molar-refractivity contribution in [2.75, 3.05) is 33.8 Å². The quantitative estimate of drug-likeness (QED) is 0.554. The average Bonchev–Trinajstić information content (AvgIpc) is 3.24. The van der Waals surface area contributed by atoms with Crippen molar-refractivity contribution in [1.29, 1.82) is 0 Å². The molecule has 2 aromatic rings. The van der Waals surface area contributed by atoms with E-state index < -0.39 is 17.4 Å². The molecule has 10 heteroatoms. The van der Waals surface area contributed by atoms with Crippen molar-refractivity contribution < 1.29 is 19.1 Å². The van der Waals surface area contributed by atoms with Crippen molar-refractivity contribution in [3.63, 3.8) is 0 Å². The summed E-state index contributed by atoms with van der Waals surface area (Å²) in [5.41, 5.74) is 6.24. The molecule has 3 N–H and O–H groups in total. The van der Waals surface area contributed by atoms with Gasteiger partial charge in [0.1, 0.15) is 17.0 Å². The third-order valence-corrected chi connectivity index (χ3v) is 8.71. The number of nitrogens with two attached hydrogens (primary N) is 1. The van der Waals surface area contributed by atoms with Crippen LogP contribution in [0.1, 0.15) is 56.4 Å². The van der Waals surface area contributed by atoms with Gasteiger partial charge >= 0.3 is 0 Å². The Kier molecular flexibility index (Phi) is 9.36. The van der Waals surface area contributed by atoms with E-state index in [1.54, 1.807) is 21.1 Å². The van der Waals surface area contributed by atoms with E-state index in [0.29, 0.717) is 25.3 Å². The molecule has 2 fully saturated rings. The number of hydrogen-bond acceptors (Lipinski definition) is 5. The first-order chi connectivity index (χ1) is 17.6. The Bertz CT molecular complexity index is 1180. The second-order valence-corrected chi connectivity index (χ2v) is 10.8.